The molecule has 0 aliphatic carbocycles. The van der Waals surface area contributed by atoms with E-state index in [0.29, 0.717) is 12.1 Å². The largest absolute Gasteiger partial charge is 0.481 e. The molecule has 0 aliphatic rings. The summed E-state index contributed by atoms with van der Waals surface area (Å²) in [5.74, 6) is -1.49. The van der Waals surface area contributed by atoms with Gasteiger partial charge in [-0.05, 0) is 24.5 Å². The van der Waals surface area contributed by atoms with Crippen LogP contribution in [0.15, 0.2) is 48.8 Å². The molecule has 0 fully saturated rings. The third-order valence-corrected chi connectivity index (χ3v) is 3.78. The number of anilines is 1. The first-order valence-corrected chi connectivity index (χ1v) is 8.34. The summed E-state index contributed by atoms with van der Waals surface area (Å²) in [6.45, 7) is 0. The Balaban J connectivity index is 2.01. The van der Waals surface area contributed by atoms with E-state index in [-0.39, 0.29) is 24.4 Å². The number of carboxylic acid groups (broad SMARTS) is 1. The van der Waals surface area contributed by atoms with E-state index in [4.69, 9.17) is 5.11 Å². The predicted octanol–water partition coefficient (Wildman–Crippen LogP) is 2.47. The number of esters is 1. The number of rotatable bonds is 8. The number of benzene rings is 1. The second-order valence-electron chi connectivity index (χ2n) is 5.87. The summed E-state index contributed by atoms with van der Waals surface area (Å²) < 4.78 is 4.62. The zero-order valence-electron chi connectivity index (χ0n) is 14.8. The van der Waals surface area contributed by atoms with E-state index >= 15 is 0 Å². The number of methoxy groups -OCH3 is 1. The predicted molar refractivity (Wildman–Crippen MR) is 98.5 cm³/mol. The molecule has 142 valence electrons. The van der Waals surface area contributed by atoms with E-state index in [1.165, 1.54) is 25.6 Å². The maximum atomic E-state index is 12.3. The molecule has 2 aromatic rings. The van der Waals surface area contributed by atoms with E-state index in [9.17, 15) is 14.4 Å². The number of carboxylic acids is 1. The molecule has 1 atom stereocenters. The van der Waals surface area contributed by atoms with Crippen LogP contribution in [0.25, 0.3) is 0 Å². The molecule has 27 heavy (non-hydrogen) atoms. The fourth-order valence-electron chi connectivity index (χ4n) is 2.51. The first-order chi connectivity index (χ1) is 13.0. The van der Waals surface area contributed by atoms with Crippen molar-refractivity contribution < 1.29 is 24.2 Å². The number of carbonyl (C=O) groups is 3. The Morgan fingerprint density at radius 3 is 2.59 bits per heavy atom. The molecule has 1 aromatic carbocycles. The van der Waals surface area contributed by atoms with Crippen molar-refractivity contribution in [3.63, 3.8) is 0 Å². The highest BCUT2D eigenvalue weighted by Crippen LogP contribution is 2.11. The SMILES string of the molecule is COC(=O)c1cncc(NC(=O)NC(CCC(=O)O)Cc2ccccc2)c1. The van der Waals surface area contributed by atoms with Gasteiger partial charge in [-0.2, -0.15) is 0 Å². The van der Waals surface area contributed by atoms with Crippen molar-refractivity contribution in [2.45, 2.75) is 25.3 Å². The number of hydrogen-bond donors (Lipinski definition) is 3. The van der Waals surface area contributed by atoms with Crippen molar-refractivity contribution in [3.8, 4) is 0 Å². The molecule has 0 spiro atoms. The minimum Gasteiger partial charge on any atom is -0.481 e. The first kappa shape index (κ1) is 19.9. The molecule has 0 saturated heterocycles. The Morgan fingerprint density at radius 2 is 1.93 bits per heavy atom. The highest BCUT2D eigenvalue weighted by atomic mass is 16.5. The van der Waals surface area contributed by atoms with Gasteiger partial charge in [-0.15, -0.1) is 0 Å². The molecule has 8 heteroatoms. The van der Waals surface area contributed by atoms with Crippen LogP contribution in [0.4, 0.5) is 10.5 Å². The van der Waals surface area contributed by atoms with Crippen LogP contribution >= 0.6 is 0 Å². The number of aromatic nitrogens is 1. The van der Waals surface area contributed by atoms with Crippen molar-refractivity contribution in [1.82, 2.24) is 10.3 Å². The summed E-state index contributed by atoms with van der Waals surface area (Å²) in [6.07, 6.45) is 3.46. The smallest absolute Gasteiger partial charge is 0.339 e. The molecule has 2 rings (SSSR count). The Hall–Kier alpha value is -3.42. The average molecular weight is 371 g/mol. The summed E-state index contributed by atoms with van der Waals surface area (Å²) in [4.78, 5) is 38.6. The molecule has 8 nitrogen and oxygen atoms in total. The van der Waals surface area contributed by atoms with Crippen LogP contribution in [0.2, 0.25) is 0 Å². The minimum atomic E-state index is -0.926. The molecule has 3 N–H and O–H groups in total. The second kappa shape index (κ2) is 9.91. The van der Waals surface area contributed by atoms with Crippen LogP contribution in [0.1, 0.15) is 28.8 Å². The summed E-state index contributed by atoms with van der Waals surface area (Å²) in [5, 5.41) is 14.3. The molecular weight excluding hydrogens is 350 g/mol. The van der Waals surface area contributed by atoms with Crippen LogP contribution < -0.4 is 10.6 Å². The Morgan fingerprint density at radius 1 is 1.19 bits per heavy atom. The third-order valence-electron chi connectivity index (χ3n) is 3.78. The number of nitrogens with one attached hydrogen (secondary N) is 2. The topological polar surface area (TPSA) is 118 Å². The normalized spacial score (nSPS) is 11.3. The number of ether oxygens (including phenoxy) is 1. The monoisotopic (exact) mass is 371 g/mol. The van der Waals surface area contributed by atoms with E-state index in [1.807, 2.05) is 30.3 Å². The van der Waals surface area contributed by atoms with E-state index in [0.717, 1.165) is 5.56 Å². The zero-order valence-corrected chi connectivity index (χ0v) is 14.8. The quantitative estimate of drug-likeness (QED) is 0.614. The Labute approximate surface area is 156 Å². The molecular formula is C19H21N3O5. The van der Waals surface area contributed by atoms with Crippen LogP contribution in [0, 0.1) is 0 Å². The highest BCUT2D eigenvalue weighted by molar-refractivity contribution is 5.93. The zero-order chi connectivity index (χ0) is 19.6. The van der Waals surface area contributed by atoms with E-state index in [1.54, 1.807) is 0 Å². The fourth-order valence-corrected chi connectivity index (χ4v) is 2.51. The van der Waals surface area contributed by atoms with Gasteiger partial charge in [0, 0.05) is 18.7 Å². The third kappa shape index (κ3) is 6.77. The van der Waals surface area contributed by atoms with Crippen LogP contribution in [-0.4, -0.2) is 41.2 Å². The van der Waals surface area contributed by atoms with Gasteiger partial charge in [0.1, 0.15) is 0 Å². The first-order valence-electron chi connectivity index (χ1n) is 8.34. The van der Waals surface area contributed by atoms with Gasteiger partial charge in [0.15, 0.2) is 0 Å². The van der Waals surface area contributed by atoms with Gasteiger partial charge in [-0.1, -0.05) is 30.3 Å². The van der Waals surface area contributed by atoms with Gasteiger partial charge in [-0.25, -0.2) is 9.59 Å². The van der Waals surface area contributed by atoms with Crippen LogP contribution in [0.3, 0.4) is 0 Å². The lowest BCUT2D eigenvalue weighted by atomic mass is 10.0. The van der Waals surface area contributed by atoms with E-state index < -0.39 is 18.0 Å². The number of urea groups is 1. The van der Waals surface area contributed by atoms with Gasteiger partial charge in [-0.3, -0.25) is 9.78 Å². The van der Waals surface area contributed by atoms with Crippen molar-refractivity contribution >= 4 is 23.7 Å². The van der Waals surface area contributed by atoms with Gasteiger partial charge < -0.3 is 20.5 Å². The molecule has 1 heterocycles. The molecule has 0 aliphatic heterocycles. The standard InChI is InChI=1S/C19H21N3O5/c1-27-18(25)14-10-16(12-20-11-14)22-19(26)21-15(7-8-17(23)24)9-13-5-3-2-4-6-13/h2-6,10-12,15H,7-9H2,1H3,(H,23,24)(H2,21,22,26). The summed E-state index contributed by atoms with van der Waals surface area (Å²) in [5.41, 5.74) is 1.52. The lowest BCUT2D eigenvalue weighted by Gasteiger charge is -2.19. The number of pyridine rings is 1. The summed E-state index contributed by atoms with van der Waals surface area (Å²) in [6, 6.07) is 10.1. The fraction of sp³-hybridized carbons (Fsp3) is 0.263. The lowest BCUT2D eigenvalue weighted by Crippen LogP contribution is -2.39. The minimum absolute atomic E-state index is 0.0584. The maximum absolute atomic E-state index is 12.3. The summed E-state index contributed by atoms with van der Waals surface area (Å²) >= 11 is 0. The Bertz CT molecular complexity index is 795. The van der Waals surface area contributed by atoms with Crippen molar-refractivity contribution in [2.75, 3.05) is 12.4 Å². The molecule has 0 radical (unpaired) electrons. The number of hydrogen-bond acceptors (Lipinski definition) is 5. The van der Waals surface area contributed by atoms with Crippen LogP contribution in [0.5, 0.6) is 0 Å². The second-order valence-corrected chi connectivity index (χ2v) is 5.87. The molecule has 2 amide bonds. The van der Waals surface area contributed by atoms with Gasteiger partial charge in [0.2, 0.25) is 0 Å². The number of amides is 2. The van der Waals surface area contributed by atoms with Crippen molar-refractivity contribution in [2.24, 2.45) is 0 Å². The number of nitrogens with zero attached hydrogens (tertiary/aromatic N) is 1. The van der Waals surface area contributed by atoms with Gasteiger partial charge in [0.25, 0.3) is 0 Å². The Kier molecular flexibility index (Phi) is 7.30. The average Bonchev–Trinajstić information content (AvgIpc) is 2.66. The van der Waals surface area contributed by atoms with Gasteiger partial charge in [0.05, 0.1) is 24.6 Å². The number of carbonyl (C=O) groups excluding carboxylic acids is 2. The molecule has 1 aromatic heterocycles. The van der Waals surface area contributed by atoms with Crippen molar-refractivity contribution in [1.29, 1.82) is 0 Å². The lowest BCUT2D eigenvalue weighted by molar-refractivity contribution is -0.137. The molecule has 0 bridgehead atoms. The number of aliphatic carboxylic acids is 1. The van der Waals surface area contributed by atoms with Crippen molar-refractivity contribution in [3.05, 3.63) is 59.9 Å². The maximum Gasteiger partial charge on any atom is 0.339 e. The summed E-state index contributed by atoms with van der Waals surface area (Å²) in [7, 11) is 1.26. The van der Waals surface area contributed by atoms with E-state index in [2.05, 4.69) is 20.4 Å². The van der Waals surface area contributed by atoms with Crippen LogP contribution in [-0.2, 0) is 16.0 Å². The molecule has 0 saturated carbocycles. The molecule has 1 unspecified atom stereocenters. The highest BCUT2D eigenvalue weighted by Gasteiger charge is 2.15. The van der Waals surface area contributed by atoms with Gasteiger partial charge >= 0.3 is 18.0 Å².